The summed E-state index contributed by atoms with van der Waals surface area (Å²) in [4.78, 5) is 20.8. The first-order chi connectivity index (χ1) is 8.95. The monoisotopic (exact) mass is 271 g/mol. The number of benzene rings is 1. The average Bonchev–Trinajstić information content (AvgIpc) is 2.37. The van der Waals surface area contributed by atoms with Gasteiger partial charge in [0.2, 0.25) is 5.91 Å². The van der Waals surface area contributed by atoms with Gasteiger partial charge in [-0.1, -0.05) is 0 Å². The quantitative estimate of drug-likeness (QED) is 0.266. The van der Waals surface area contributed by atoms with Gasteiger partial charge in [0.25, 0.3) is 5.69 Å². The van der Waals surface area contributed by atoms with Crippen LogP contribution in [-0.2, 0) is 4.79 Å². The smallest absolute Gasteiger partial charge is 0.275 e. The van der Waals surface area contributed by atoms with Crippen LogP contribution in [0.3, 0.4) is 0 Å². The lowest BCUT2D eigenvalue weighted by atomic mass is 10.2. The van der Waals surface area contributed by atoms with Crippen molar-refractivity contribution in [2.24, 2.45) is 5.84 Å². The average molecular weight is 271 g/mol. The summed E-state index contributed by atoms with van der Waals surface area (Å²) in [5.41, 5.74) is 1.97. The Kier molecular flexibility index (Phi) is 5.19. The third kappa shape index (κ3) is 4.18. The number of hydrazine groups is 1. The summed E-state index contributed by atoms with van der Waals surface area (Å²) in [6.07, 6.45) is 0.516. The van der Waals surface area contributed by atoms with Gasteiger partial charge in [-0.2, -0.15) is 0 Å². The summed E-state index contributed by atoms with van der Waals surface area (Å²) in [5.74, 6) is 3.67. The van der Waals surface area contributed by atoms with E-state index in [0.29, 0.717) is 12.0 Å². The summed E-state index contributed by atoms with van der Waals surface area (Å²) in [5, 5.41) is 10.6. The minimum Gasteiger partial charge on any atom is -0.490 e. The highest BCUT2D eigenvalue weighted by Gasteiger charge is 2.16. The number of carbonyl (C=O) groups excluding carboxylic acids is 1. The number of nitro benzene ring substituents is 1. The van der Waals surface area contributed by atoms with Gasteiger partial charge in [-0.15, -0.1) is 0 Å². The highest BCUT2D eigenvalue weighted by molar-refractivity contribution is 5.75. The van der Waals surface area contributed by atoms with E-state index in [0.717, 1.165) is 6.07 Å². The van der Waals surface area contributed by atoms with Crippen LogP contribution >= 0.6 is 0 Å². The zero-order valence-electron chi connectivity index (χ0n) is 10.3. The number of nitrogens with two attached hydrogens (primary N) is 1. The molecule has 0 saturated carbocycles. The van der Waals surface area contributed by atoms with Crippen molar-refractivity contribution in [3.8, 4) is 5.75 Å². The first kappa shape index (κ1) is 14.8. The summed E-state index contributed by atoms with van der Waals surface area (Å²) >= 11 is 0. The Hall–Kier alpha value is -2.22. The van der Waals surface area contributed by atoms with E-state index in [9.17, 15) is 19.3 Å². The van der Waals surface area contributed by atoms with Crippen LogP contribution in [0, 0.1) is 22.9 Å². The Balaban J connectivity index is 2.62. The molecule has 0 atom stereocenters. The summed E-state index contributed by atoms with van der Waals surface area (Å²) < 4.78 is 18.6. The Labute approximate surface area is 108 Å². The predicted molar refractivity (Wildman–Crippen MR) is 64.9 cm³/mol. The maximum atomic E-state index is 13.5. The van der Waals surface area contributed by atoms with Gasteiger partial charge >= 0.3 is 0 Å². The number of rotatable bonds is 6. The van der Waals surface area contributed by atoms with Crippen LogP contribution in [0.15, 0.2) is 12.1 Å². The molecule has 104 valence electrons. The van der Waals surface area contributed by atoms with Crippen LogP contribution in [0.4, 0.5) is 10.1 Å². The second kappa shape index (κ2) is 6.64. The van der Waals surface area contributed by atoms with Crippen molar-refractivity contribution in [2.45, 2.75) is 19.8 Å². The lowest BCUT2D eigenvalue weighted by Gasteiger charge is -2.08. The molecule has 0 aliphatic carbocycles. The fourth-order valence-corrected chi connectivity index (χ4v) is 1.44. The summed E-state index contributed by atoms with van der Waals surface area (Å²) in [7, 11) is 0. The van der Waals surface area contributed by atoms with E-state index in [1.54, 1.807) is 0 Å². The lowest BCUT2D eigenvalue weighted by molar-refractivity contribution is -0.385. The normalized spacial score (nSPS) is 10.1. The number of aryl methyl sites for hydroxylation is 1. The molecule has 1 aromatic carbocycles. The minimum atomic E-state index is -0.805. The standard InChI is InChI=1S/C11H14FN3O4/c1-7-5-10(8(12)6-9(7)15(17)18)19-4-2-3-11(16)14-13/h5-6H,2-4,13H2,1H3,(H,14,16). The van der Waals surface area contributed by atoms with E-state index in [1.807, 2.05) is 5.43 Å². The van der Waals surface area contributed by atoms with Gasteiger partial charge in [0.05, 0.1) is 17.6 Å². The molecule has 0 aromatic heterocycles. The molecule has 1 rings (SSSR count). The highest BCUT2D eigenvalue weighted by atomic mass is 19.1. The molecule has 19 heavy (non-hydrogen) atoms. The molecule has 3 N–H and O–H groups in total. The zero-order valence-corrected chi connectivity index (χ0v) is 10.3. The Morgan fingerprint density at radius 2 is 2.26 bits per heavy atom. The van der Waals surface area contributed by atoms with Gasteiger partial charge in [-0.3, -0.25) is 20.3 Å². The number of ether oxygens (including phenoxy) is 1. The number of amides is 1. The summed E-state index contributed by atoms with van der Waals surface area (Å²) in [6.45, 7) is 1.61. The Morgan fingerprint density at radius 1 is 1.58 bits per heavy atom. The van der Waals surface area contributed by atoms with Crippen molar-refractivity contribution in [3.63, 3.8) is 0 Å². The van der Waals surface area contributed by atoms with Crippen LogP contribution in [0.5, 0.6) is 5.75 Å². The number of halogens is 1. The molecular weight excluding hydrogens is 257 g/mol. The third-order valence-corrected chi connectivity index (χ3v) is 2.41. The van der Waals surface area contributed by atoms with Crippen LogP contribution in [0.1, 0.15) is 18.4 Å². The van der Waals surface area contributed by atoms with E-state index < -0.39 is 10.7 Å². The molecule has 0 bridgehead atoms. The van der Waals surface area contributed by atoms with Crippen molar-refractivity contribution in [1.82, 2.24) is 5.43 Å². The predicted octanol–water partition coefficient (Wildman–Crippen LogP) is 1.19. The minimum absolute atomic E-state index is 0.0729. The molecule has 0 aliphatic rings. The molecular formula is C11H14FN3O4. The van der Waals surface area contributed by atoms with Gasteiger partial charge < -0.3 is 4.74 Å². The number of nitrogens with one attached hydrogen (secondary N) is 1. The van der Waals surface area contributed by atoms with E-state index in [2.05, 4.69) is 0 Å². The molecule has 7 nitrogen and oxygen atoms in total. The van der Waals surface area contributed by atoms with Crippen molar-refractivity contribution >= 4 is 11.6 Å². The van der Waals surface area contributed by atoms with Crippen molar-refractivity contribution in [3.05, 3.63) is 33.6 Å². The molecule has 1 amide bonds. The molecule has 0 unspecified atom stereocenters. The van der Waals surface area contributed by atoms with Crippen LogP contribution in [0.25, 0.3) is 0 Å². The van der Waals surface area contributed by atoms with Crippen LogP contribution in [0.2, 0.25) is 0 Å². The number of hydrogen-bond acceptors (Lipinski definition) is 5. The summed E-state index contributed by atoms with van der Waals surface area (Å²) in [6, 6.07) is 2.08. The van der Waals surface area contributed by atoms with Crippen molar-refractivity contribution in [2.75, 3.05) is 6.61 Å². The molecule has 0 radical (unpaired) electrons. The van der Waals surface area contributed by atoms with Crippen molar-refractivity contribution < 1.29 is 18.8 Å². The molecule has 0 fully saturated rings. The first-order valence-electron chi connectivity index (χ1n) is 5.52. The third-order valence-electron chi connectivity index (χ3n) is 2.41. The molecule has 0 heterocycles. The lowest BCUT2D eigenvalue weighted by Crippen LogP contribution is -2.30. The van der Waals surface area contributed by atoms with E-state index in [1.165, 1.54) is 13.0 Å². The van der Waals surface area contributed by atoms with Crippen molar-refractivity contribution in [1.29, 1.82) is 0 Å². The van der Waals surface area contributed by atoms with E-state index in [4.69, 9.17) is 10.6 Å². The topological polar surface area (TPSA) is 107 Å². The first-order valence-corrected chi connectivity index (χ1v) is 5.52. The van der Waals surface area contributed by atoms with Gasteiger partial charge in [0.15, 0.2) is 11.6 Å². The molecule has 8 heteroatoms. The Bertz CT molecular complexity index is 493. The van der Waals surface area contributed by atoms with E-state index in [-0.39, 0.29) is 30.4 Å². The zero-order chi connectivity index (χ0) is 14.4. The fourth-order valence-electron chi connectivity index (χ4n) is 1.44. The Morgan fingerprint density at radius 3 is 2.84 bits per heavy atom. The molecule has 0 spiro atoms. The second-order valence-electron chi connectivity index (χ2n) is 3.85. The number of hydrogen-bond donors (Lipinski definition) is 2. The van der Waals surface area contributed by atoms with Gasteiger partial charge in [0, 0.05) is 12.0 Å². The van der Waals surface area contributed by atoms with Gasteiger partial charge in [-0.05, 0) is 19.4 Å². The number of nitro groups is 1. The second-order valence-corrected chi connectivity index (χ2v) is 3.85. The maximum Gasteiger partial charge on any atom is 0.275 e. The highest BCUT2D eigenvalue weighted by Crippen LogP contribution is 2.27. The fraction of sp³-hybridized carbons (Fsp3) is 0.364. The maximum absolute atomic E-state index is 13.5. The largest absolute Gasteiger partial charge is 0.490 e. The van der Waals surface area contributed by atoms with Gasteiger partial charge in [-0.25, -0.2) is 10.2 Å². The molecule has 1 aromatic rings. The molecule has 0 aliphatic heterocycles. The van der Waals surface area contributed by atoms with Crippen LogP contribution in [-0.4, -0.2) is 17.4 Å². The van der Waals surface area contributed by atoms with E-state index >= 15 is 0 Å². The van der Waals surface area contributed by atoms with Gasteiger partial charge in [0.1, 0.15) is 0 Å². The SMILES string of the molecule is Cc1cc(OCCCC(=O)NN)c(F)cc1[N+](=O)[O-]. The number of nitrogens with zero attached hydrogens (tertiary/aromatic N) is 1. The molecule has 0 saturated heterocycles. The van der Waals surface area contributed by atoms with Crippen LogP contribution < -0.4 is 16.0 Å². The number of carbonyl (C=O) groups is 1.